The molecule has 16 bridgehead atoms. The molecule has 14 nitrogen and oxygen atoms in total. The van der Waals surface area contributed by atoms with Crippen molar-refractivity contribution in [3.63, 3.8) is 0 Å². The Morgan fingerprint density at radius 3 is 0.680 bits per heavy atom. The number of halogens is 19. The first-order valence-electron chi connectivity index (χ1n) is 36.8. The third-order valence-electron chi connectivity index (χ3n) is 20.9. The Hall–Kier alpha value is -16.0. The number of amides is 2. The number of carbonyl (C=O) groups excluding carboxylic acids is 2. The summed E-state index contributed by atoms with van der Waals surface area (Å²) in [6.07, 6.45) is 4.75. The minimum absolute atomic E-state index is 0.00396. The van der Waals surface area contributed by atoms with Gasteiger partial charge in [0.25, 0.3) is 5.91 Å². The van der Waals surface area contributed by atoms with Crippen molar-refractivity contribution in [3.05, 3.63) is 320 Å². The number of carboxylic acids is 1. The molecule has 2 amide bonds. The van der Waals surface area contributed by atoms with Crippen molar-refractivity contribution in [2.24, 2.45) is 0 Å². The Morgan fingerprint density at radius 2 is 0.456 bits per heavy atom. The third-order valence-corrected chi connectivity index (χ3v) is 20.9. The lowest BCUT2D eigenvalue weighted by Gasteiger charge is -2.11. The fraction of sp³-hybridized carbons (Fsp3) is 0.0109. The highest BCUT2D eigenvalue weighted by atomic mass is 19.4. The minimum Gasteiger partial charge on any atom is -0.478 e. The molecule has 0 aliphatic carbocycles. The maximum absolute atomic E-state index is 16.5. The normalized spacial score (nSPS) is 12.3. The van der Waals surface area contributed by atoms with Crippen LogP contribution in [0.25, 0.3) is 182 Å². The second-order valence-corrected chi connectivity index (χ2v) is 28.4. The Balaban J connectivity index is 0.783. The molecule has 6 aromatic heterocycles. The van der Waals surface area contributed by atoms with Crippen LogP contribution < -0.4 is 10.6 Å². The van der Waals surface area contributed by atoms with Crippen molar-refractivity contribution in [2.45, 2.75) is 6.18 Å². The van der Waals surface area contributed by atoms with E-state index in [4.69, 9.17) is 15.0 Å². The van der Waals surface area contributed by atoms with Crippen molar-refractivity contribution in [1.82, 2.24) is 39.9 Å². The molecule has 4 aliphatic heterocycles. The zero-order valence-electron chi connectivity index (χ0n) is 62.4. The summed E-state index contributed by atoms with van der Waals surface area (Å²) >= 11 is 0. The van der Waals surface area contributed by atoms with Gasteiger partial charge in [-0.2, -0.15) is 13.2 Å². The minimum atomic E-state index is -5.32. The Kier molecular flexibility index (Phi) is 19.6. The molecule has 33 heteroatoms. The number of alkyl halides is 3. The summed E-state index contributed by atoms with van der Waals surface area (Å²) in [6, 6.07) is 30.9. The van der Waals surface area contributed by atoms with E-state index in [2.05, 4.69) is 30.2 Å². The van der Waals surface area contributed by atoms with Crippen LogP contribution in [0.1, 0.15) is 66.3 Å². The van der Waals surface area contributed by atoms with E-state index < -0.39 is 167 Å². The molecule has 0 atom stereocenters. The van der Waals surface area contributed by atoms with Gasteiger partial charge in [-0.3, -0.25) is 9.59 Å². The van der Waals surface area contributed by atoms with Crippen LogP contribution in [0, 0.1) is 93.1 Å². The number of hydrogen-bond acceptors (Lipinski definition) is 7. The lowest BCUT2D eigenvalue weighted by molar-refractivity contribution is -0.167. The van der Waals surface area contributed by atoms with Gasteiger partial charge in [-0.15, -0.1) is 0 Å². The fourth-order valence-electron chi connectivity index (χ4n) is 15.3. The Morgan fingerprint density at radius 1 is 0.256 bits per heavy atom. The summed E-state index contributed by atoms with van der Waals surface area (Å²) in [5.74, 6) is -34.0. The van der Waals surface area contributed by atoms with Gasteiger partial charge >= 0.3 is 18.1 Å². The zero-order chi connectivity index (χ0) is 87.8. The van der Waals surface area contributed by atoms with Gasteiger partial charge in [-0.1, -0.05) is 48.5 Å². The summed E-state index contributed by atoms with van der Waals surface area (Å²) in [5, 5.41) is 14.2. The van der Waals surface area contributed by atoms with Gasteiger partial charge in [0, 0.05) is 130 Å². The second-order valence-electron chi connectivity index (χ2n) is 28.4. The first kappa shape index (κ1) is 80.1. The first-order chi connectivity index (χ1) is 59.8. The number of carbonyl (C=O) groups is 3. The highest BCUT2D eigenvalue weighted by molar-refractivity contribution is 6.07. The van der Waals surface area contributed by atoms with Gasteiger partial charge in [-0.05, 0) is 168 Å². The van der Waals surface area contributed by atoms with E-state index in [1.807, 2.05) is 0 Å². The van der Waals surface area contributed by atoms with Gasteiger partial charge < -0.3 is 35.7 Å². The topological polar surface area (TPSA) is 210 Å². The number of fused-ring (bicyclic) bond motifs is 16. The molecule has 0 spiro atoms. The molecule has 10 heterocycles. The van der Waals surface area contributed by atoms with Crippen LogP contribution >= 0.6 is 0 Å². The number of nitrogens with zero attached hydrogens (tertiary/aromatic N) is 4. The molecule has 618 valence electrons. The monoisotopic (exact) mass is 1710 g/mol. The number of benzene rings is 8. The quantitative estimate of drug-likeness (QED) is 0.0461. The van der Waals surface area contributed by atoms with Crippen LogP contribution in [-0.2, 0) is 4.79 Å². The van der Waals surface area contributed by atoms with E-state index in [1.54, 1.807) is 5.32 Å². The molecule has 0 saturated carbocycles. The molecule has 8 aromatic carbocycles. The number of hydrogen-bond donors (Lipinski definition) is 7. The maximum Gasteiger partial charge on any atom is 0.471 e. The van der Waals surface area contributed by atoms with Gasteiger partial charge in [0.1, 0.15) is 0 Å². The van der Waals surface area contributed by atoms with Crippen molar-refractivity contribution in [2.75, 3.05) is 10.6 Å². The first-order valence-corrected chi connectivity index (χ1v) is 36.8. The molecule has 0 fully saturated rings. The maximum atomic E-state index is 16.5. The van der Waals surface area contributed by atoms with Gasteiger partial charge in [0.2, 0.25) is 0 Å². The highest BCUT2D eigenvalue weighted by Gasteiger charge is 2.39. The molecule has 0 unspecified atom stereocenters. The molecule has 0 radical (unpaired) electrons. The molecule has 7 N–H and O–H groups in total. The number of rotatable bonds is 12. The van der Waals surface area contributed by atoms with Gasteiger partial charge in [-0.25, -0.2) is 95.0 Å². The number of aromatic amines is 4. The van der Waals surface area contributed by atoms with Gasteiger partial charge in [0.15, 0.2) is 93.1 Å². The van der Waals surface area contributed by atoms with E-state index in [1.165, 1.54) is 182 Å². The lowest BCUT2D eigenvalue weighted by Crippen LogP contribution is -2.29. The van der Waals surface area contributed by atoms with Crippen LogP contribution in [0.15, 0.2) is 170 Å². The number of anilines is 2. The van der Waals surface area contributed by atoms with Crippen molar-refractivity contribution >= 4 is 122 Å². The van der Waals surface area contributed by atoms with Crippen molar-refractivity contribution < 1.29 is 103 Å². The summed E-state index contributed by atoms with van der Waals surface area (Å²) in [4.78, 5) is 69.5. The Labute approximate surface area is 687 Å². The standard InChI is InChI=1S/C92H43F19N10O4/c93-45-33-46(94)82(102)77(81(45)101)73-61-25-17-53(114-61)69(54-18-26-62(115-54)74(78-83(103)47(95)34-48(96)84(78)104)64-28-20-56(117-64)70(55-19-27-63(73)116-55)38-3-7-42(8-4-38)90(123)124)37-1-5-41(6-2-37)89(122)112-43-13-9-39(10-14-43)71-57-21-29-65(118-57)75(79-85(105)49(97)35-50(98)86(79)106)67-31-23-59(120-67)72(40-11-15-44(16-12-40)113-91(125)92(109,110)111)60-24-32-68(121-60)76(66-30-22-58(71)119-66)80-87(107)51(99)36-52(100)88(80)108/h1-36,114,117-118,121H,(H,112,122)(H,113,125)(H,123,124). The van der Waals surface area contributed by atoms with Crippen LogP contribution in [-0.4, -0.2) is 68.9 Å². The van der Waals surface area contributed by atoms with E-state index in [9.17, 15) is 32.7 Å². The smallest absolute Gasteiger partial charge is 0.471 e. The highest BCUT2D eigenvalue weighted by Crippen LogP contribution is 2.47. The van der Waals surface area contributed by atoms with Crippen LogP contribution in [0.4, 0.5) is 94.8 Å². The molecule has 0 saturated heterocycles. The van der Waals surface area contributed by atoms with E-state index in [0.717, 1.165) is 12.1 Å². The number of aromatic carboxylic acids is 1. The average molecular weight is 1710 g/mol. The molecule has 4 aliphatic rings. The second kappa shape index (κ2) is 30.6. The number of carboxylic acid groups (broad SMARTS) is 1. The predicted octanol–water partition coefficient (Wildman–Crippen LogP) is 24.6. The van der Waals surface area contributed by atoms with Crippen LogP contribution in [0.5, 0.6) is 0 Å². The number of nitrogens with one attached hydrogen (secondary N) is 6. The number of H-pyrrole nitrogens is 4. The fourth-order valence-corrected chi connectivity index (χ4v) is 15.3. The summed E-state index contributed by atoms with van der Waals surface area (Å²) < 4.78 is 296. The molecule has 14 aromatic rings. The summed E-state index contributed by atoms with van der Waals surface area (Å²) in [5.41, 5.74) is -10.5. The zero-order valence-corrected chi connectivity index (χ0v) is 62.4. The van der Waals surface area contributed by atoms with Gasteiger partial charge in [0.05, 0.1) is 73.4 Å². The number of aromatic nitrogens is 8. The Bertz CT molecular complexity index is 7370. The SMILES string of the molecule is O=C(O)c1ccc(-c2c3nc(c(-c4c(F)c(F)cc(F)c4F)c4ccc([nH]4)c(-c4ccc(C(=O)Nc5ccc(-c6c7nc(c(-c8c(F)c(F)cc(F)c8F)c8ccc([nH]8)c(-c8ccc(NC(=O)C(F)(F)F)cc8)c8nc(c(-c9c(F)c(F)cc(F)c9F)c9ccc6[nH]9)C=C8)C=C7)cc5)cc4)c4nc(c(-c5c(F)c(F)cc(F)c5F)c5ccc2[nH]5)C=C4)C=C3)cc1. The van der Waals surface area contributed by atoms with Crippen molar-refractivity contribution in [3.8, 4) is 89.0 Å². The van der Waals surface area contributed by atoms with Crippen LogP contribution in [0.2, 0.25) is 0 Å². The van der Waals surface area contributed by atoms with E-state index in [0.29, 0.717) is 0 Å². The van der Waals surface area contributed by atoms with E-state index in [-0.39, 0.29) is 175 Å². The molecule has 125 heavy (non-hydrogen) atoms. The van der Waals surface area contributed by atoms with Crippen molar-refractivity contribution in [1.29, 1.82) is 0 Å². The lowest BCUT2D eigenvalue weighted by atomic mass is 10.0. The summed E-state index contributed by atoms with van der Waals surface area (Å²) in [6.45, 7) is 0. The average Bonchev–Trinajstić information content (AvgIpc) is 1.63. The van der Waals surface area contributed by atoms with E-state index >= 15 is 70.2 Å². The molecule has 18 rings (SSSR count). The predicted molar refractivity (Wildman–Crippen MR) is 430 cm³/mol. The molecular weight excluding hydrogens is 1670 g/mol. The third kappa shape index (κ3) is 14.1. The largest absolute Gasteiger partial charge is 0.478 e. The molecular formula is C92H43F19N10O4. The summed E-state index contributed by atoms with van der Waals surface area (Å²) in [7, 11) is 0. The van der Waals surface area contributed by atoms with Crippen LogP contribution in [0.3, 0.4) is 0 Å².